The van der Waals surface area contributed by atoms with E-state index in [1.54, 1.807) is 13.8 Å². The van der Waals surface area contributed by atoms with Crippen molar-refractivity contribution < 1.29 is 24.3 Å². The second-order valence-corrected chi connectivity index (χ2v) is 9.17. The zero-order chi connectivity index (χ0) is 26.5. The molecular formula is C23H41N7O5. The molecule has 0 fully saturated rings. The van der Waals surface area contributed by atoms with Crippen LogP contribution in [0.15, 0.2) is 12.5 Å². The van der Waals surface area contributed by atoms with Gasteiger partial charge in [0.1, 0.15) is 18.1 Å². The molecule has 0 saturated heterocycles. The summed E-state index contributed by atoms with van der Waals surface area (Å²) in [5, 5.41) is 17.4. The Labute approximate surface area is 206 Å². The van der Waals surface area contributed by atoms with Crippen molar-refractivity contribution in [1.29, 1.82) is 0 Å². The molecule has 1 aromatic heterocycles. The SMILES string of the molecule is CCC(C)C(N)C(=O)NC(C(=O)NC(Cc1cnc[nH]1)C(=O)NC(CCCCN)C(=O)O)C(C)C. The smallest absolute Gasteiger partial charge is 0.326 e. The Morgan fingerprint density at radius 3 is 2.20 bits per heavy atom. The second-order valence-electron chi connectivity index (χ2n) is 9.17. The van der Waals surface area contributed by atoms with Gasteiger partial charge in [0, 0.05) is 18.3 Å². The number of nitrogens with two attached hydrogens (primary N) is 2. The molecule has 3 amide bonds. The number of carboxylic acid groups (broad SMARTS) is 1. The molecule has 1 aromatic rings. The number of aliphatic carboxylic acids is 1. The third kappa shape index (κ3) is 10.0. The number of nitrogens with zero attached hydrogens (tertiary/aromatic N) is 1. The van der Waals surface area contributed by atoms with Crippen molar-refractivity contribution in [2.24, 2.45) is 23.3 Å². The number of H-pyrrole nitrogens is 1. The number of unbranched alkanes of at least 4 members (excludes halogenated alkanes) is 1. The van der Waals surface area contributed by atoms with Crippen molar-refractivity contribution >= 4 is 23.7 Å². The summed E-state index contributed by atoms with van der Waals surface area (Å²) in [6.07, 6.45) is 5.07. The van der Waals surface area contributed by atoms with Gasteiger partial charge in [-0.15, -0.1) is 0 Å². The number of carbonyl (C=O) groups is 4. The summed E-state index contributed by atoms with van der Waals surface area (Å²) in [5.41, 5.74) is 12.1. The van der Waals surface area contributed by atoms with Crippen LogP contribution in [0, 0.1) is 11.8 Å². The Bertz CT molecular complexity index is 815. The van der Waals surface area contributed by atoms with Crippen LogP contribution in [-0.2, 0) is 25.6 Å². The first kappa shape index (κ1) is 30.0. The Kier molecular flexibility index (Phi) is 13.0. The van der Waals surface area contributed by atoms with E-state index < -0.39 is 47.9 Å². The molecule has 0 radical (unpaired) electrons. The highest BCUT2D eigenvalue weighted by molar-refractivity contribution is 5.94. The Hall–Kier alpha value is -2.99. The minimum absolute atomic E-state index is 0.0534. The lowest BCUT2D eigenvalue weighted by Crippen LogP contribution is -2.59. The topological polar surface area (TPSA) is 205 Å². The maximum Gasteiger partial charge on any atom is 0.326 e. The Morgan fingerprint density at radius 1 is 1.03 bits per heavy atom. The molecule has 5 unspecified atom stereocenters. The zero-order valence-electron chi connectivity index (χ0n) is 21.0. The summed E-state index contributed by atoms with van der Waals surface area (Å²) in [7, 11) is 0. The molecular weight excluding hydrogens is 454 g/mol. The average Bonchev–Trinajstić information content (AvgIpc) is 3.32. The van der Waals surface area contributed by atoms with Crippen molar-refractivity contribution in [3.63, 3.8) is 0 Å². The van der Waals surface area contributed by atoms with Crippen LogP contribution in [0.25, 0.3) is 0 Å². The van der Waals surface area contributed by atoms with Crippen LogP contribution in [-0.4, -0.2) is 69.5 Å². The van der Waals surface area contributed by atoms with E-state index >= 15 is 0 Å². The third-order valence-electron chi connectivity index (χ3n) is 5.98. The molecule has 12 heteroatoms. The summed E-state index contributed by atoms with van der Waals surface area (Å²) in [5.74, 6) is -3.21. The highest BCUT2D eigenvalue weighted by Crippen LogP contribution is 2.10. The van der Waals surface area contributed by atoms with E-state index in [4.69, 9.17) is 11.5 Å². The summed E-state index contributed by atoms with van der Waals surface area (Å²) in [6.45, 7) is 7.72. The summed E-state index contributed by atoms with van der Waals surface area (Å²) in [6, 6.07) is -3.93. The van der Waals surface area contributed by atoms with Gasteiger partial charge in [0.15, 0.2) is 0 Å². The number of amides is 3. The fourth-order valence-electron chi connectivity index (χ4n) is 3.41. The highest BCUT2D eigenvalue weighted by atomic mass is 16.4. The van der Waals surface area contributed by atoms with Crippen molar-refractivity contribution in [3.05, 3.63) is 18.2 Å². The Morgan fingerprint density at radius 2 is 1.69 bits per heavy atom. The number of aromatic nitrogens is 2. The molecule has 9 N–H and O–H groups in total. The highest BCUT2D eigenvalue weighted by Gasteiger charge is 2.32. The van der Waals surface area contributed by atoms with Gasteiger partial charge in [-0.1, -0.05) is 34.1 Å². The Balaban J connectivity index is 3.01. The molecule has 0 aromatic carbocycles. The largest absolute Gasteiger partial charge is 0.480 e. The minimum Gasteiger partial charge on any atom is -0.480 e. The van der Waals surface area contributed by atoms with Gasteiger partial charge in [-0.05, 0) is 37.6 Å². The van der Waals surface area contributed by atoms with E-state index in [0.717, 1.165) is 0 Å². The van der Waals surface area contributed by atoms with Gasteiger partial charge in [-0.3, -0.25) is 14.4 Å². The van der Waals surface area contributed by atoms with Gasteiger partial charge in [-0.2, -0.15) is 0 Å². The van der Waals surface area contributed by atoms with Crippen LogP contribution in [0.1, 0.15) is 59.1 Å². The summed E-state index contributed by atoms with van der Waals surface area (Å²) in [4.78, 5) is 57.2. The van der Waals surface area contributed by atoms with Crippen molar-refractivity contribution in [2.45, 2.75) is 84.0 Å². The second kappa shape index (κ2) is 15.1. The molecule has 1 rings (SSSR count). The van der Waals surface area contributed by atoms with Gasteiger partial charge < -0.3 is 37.5 Å². The lowest BCUT2D eigenvalue weighted by atomic mass is 9.97. The number of aromatic amines is 1. The van der Waals surface area contributed by atoms with Crippen molar-refractivity contribution in [2.75, 3.05) is 6.54 Å². The van der Waals surface area contributed by atoms with E-state index in [-0.39, 0.29) is 24.7 Å². The lowest BCUT2D eigenvalue weighted by Gasteiger charge is -2.27. The van der Waals surface area contributed by atoms with Crippen LogP contribution in [0.5, 0.6) is 0 Å². The number of imidazole rings is 1. The summed E-state index contributed by atoms with van der Waals surface area (Å²) < 4.78 is 0. The van der Waals surface area contributed by atoms with E-state index in [1.165, 1.54) is 12.5 Å². The molecule has 198 valence electrons. The molecule has 0 aliphatic carbocycles. The van der Waals surface area contributed by atoms with E-state index in [2.05, 4.69) is 25.9 Å². The summed E-state index contributed by atoms with van der Waals surface area (Å²) >= 11 is 0. The third-order valence-corrected chi connectivity index (χ3v) is 5.98. The standard InChI is InChI=1S/C23H41N7O5/c1-5-14(4)18(25)21(32)30-19(13(2)3)22(33)29-17(10-15-11-26-12-27-15)20(31)28-16(23(34)35)8-6-7-9-24/h11-14,16-19H,5-10,24-25H2,1-4H3,(H,26,27)(H,28,31)(H,29,33)(H,30,32)(H,34,35). The fraction of sp³-hybridized carbons (Fsp3) is 0.696. The van der Waals surface area contributed by atoms with Crippen LogP contribution < -0.4 is 27.4 Å². The van der Waals surface area contributed by atoms with Gasteiger partial charge >= 0.3 is 5.97 Å². The molecule has 0 bridgehead atoms. The minimum atomic E-state index is -1.17. The maximum atomic E-state index is 13.2. The fourth-order valence-corrected chi connectivity index (χ4v) is 3.41. The van der Waals surface area contributed by atoms with Crippen LogP contribution in [0.4, 0.5) is 0 Å². The van der Waals surface area contributed by atoms with Crippen LogP contribution >= 0.6 is 0 Å². The molecule has 0 saturated carbocycles. The van der Waals surface area contributed by atoms with Crippen LogP contribution in [0.2, 0.25) is 0 Å². The monoisotopic (exact) mass is 495 g/mol. The van der Waals surface area contributed by atoms with Crippen molar-refractivity contribution in [3.8, 4) is 0 Å². The van der Waals surface area contributed by atoms with Gasteiger partial charge in [0.2, 0.25) is 17.7 Å². The first-order valence-electron chi connectivity index (χ1n) is 12.1. The average molecular weight is 496 g/mol. The van der Waals surface area contributed by atoms with E-state index in [9.17, 15) is 24.3 Å². The van der Waals surface area contributed by atoms with E-state index in [0.29, 0.717) is 31.5 Å². The molecule has 0 aliphatic rings. The lowest BCUT2D eigenvalue weighted by molar-refractivity contribution is -0.142. The van der Waals surface area contributed by atoms with Crippen molar-refractivity contribution in [1.82, 2.24) is 25.9 Å². The molecule has 0 aliphatic heterocycles. The number of nitrogens with one attached hydrogen (secondary N) is 4. The van der Waals surface area contributed by atoms with Gasteiger partial charge in [0.05, 0.1) is 12.4 Å². The predicted molar refractivity (Wildman–Crippen MR) is 131 cm³/mol. The molecule has 0 spiro atoms. The quantitative estimate of drug-likeness (QED) is 0.150. The molecule has 1 heterocycles. The zero-order valence-corrected chi connectivity index (χ0v) is 21.0. The maximum absolute atomic E-state index is 13.2. The van der Waals surface area contributed by atoms with Gasteiger partial charge in [-0.25, -0.2) is 9.78 Å². The normalized spacial score (nSPS) is 15.5. The number of rotatable bonds is 16. The number of hydrogen-bond acceptors (Lipinski definition) is 7. The number of carboxylic acids is 1. The molecule has 12 nitrogen and oxygen atoms in total. The number of carbonyl (C=O) groups excluding carboxylic acids is 3. The first-order valence-corrected chi connectivity index (χ1v) is 12.1. The first-order chi connectivity index (χ1) is 16.5. The molecule has 35 heavy (non-hydrogen) atoms. The van der Waals surface area contributed by atoms with Crippen LogP contribution in [0.3, 0.4) is 0 Å². The predicted octanol–water partition coefficient (Wildman–Crippen LogP) is -0.350. The van der Waals surface area contributed by atoms with Gasteiger partial charge in [0.25, 0.3) is 0 Å². The number of hydrogen-bond donors (Lipinski definition) is 7. The molecule has 5 atom stereocenters. The van der Waals surface area contributed by atoms with E-state index in [1.807, 2.05) is 13.8 Å².